The second kappa shape index (κ2) is 5.23. The highest BCUT2D eigenvalue weighted by atomic mass is 79.9. The lowest BCUT2D eigenvalue weighted by molar-refractivity contribution is -0.128. The van der Waals surface area contributed by atoms with Crippen LogP contribution in [0.3, 0.4) is 0 Å². The van der Waals surface area contributed by atoms with Crippen LogP contribution in [0.5, 0.6) is 0 Å². The van der Waals surface area contributed by atoms with Crippen LogP contribution in [0.25, 0.3) is 0 Å². The van der Waals surface area contributed by atoms with E-state index in [1.54, 1.807) is 12.1 Å². The van der Waals surface area contributed by atoms with E-state index in [9.17, 15) is 9.18 Å². The van der Waals surface area contributed by atoms with Gasteiger partial charge in [0.15, 0.2) is 0 Å². The van der Waals surface area contributed by atoms with E-state index in [1.807, 2.05) is 0 Å². The van der Waals surface area contributed by atoms with E-state index < -0.39 is 12.0 Å². The predicted molar refractivity (Wildman–Crippen MR) is 57.6 cm³/mol. The summed E-state index contributed by atoms with van der Waals surface area (Å²) >= 11 is 3.20. The Morgan fingerprint density at radius 3 is 2.93 bits per heavy atom. The molecule has 0 bridgehead atoms. The van der Waals surface area contributed by atoms with E-state index in [1.165, 1.54) is 13.0 Å². The molecule has 2 N–H and O–H groups in total. The largest absolute Gasteiger partial charge is 0.384 e. The summed E-state index contributed by atoms with van der Waals surface area (Å²) in [6.07, 6.45) is -1.08. The van der Waals surface area contributed by atoms with Gasteiger partial charge in [-0.1, -0.05) is 15.9 Å². The molecule has 0 aliphatic rings. The summed E-state index contributed by atoms with van der Waals surface area (Å²) in [4.78, 5) is 11.0. The molecular formula is C10H11BrFNO2. The van der Waals surface area contributed by atoms with Crippen molar-refractivity contribution in [2.45, 2.75) is 19.6 Å². The average Bonchev–Trinajstić information content (AvgIpc) is 2.18. The molecule has 1 aromatic carbocycles. The first-order valence-corrected chi connectivity index (χ1v) is 5.19. The summed E-state index contributed by atoms with van der Waals surface area (Å²) in [7, 11) is 0. The molecule has 0 aliphatic carbocycles. The van der Waals surface area contributed by atoms with Crippen molar-refractivity contribution < 1.29 is 14.3 Å². The van der Waals surface area contributed by atoms with Gasteiger partial charge in [0.05, 0.1) is 0 Å². The zero-order valence-corrected chi connectivity index (χ0v) is 9.71. The number of halogens is 2. The number of carbonyl (C=O) groups excluding carboxylic acids is 1. The first-order valence-electron chi connectivity index (χ1n) is 4.40. The zero-order chi connectivity index (χ0) is 11.4. The fraction of sp³-hybridized carbons (Fsp3) is 0.300. The Bertz CT molecular complexity index is 368. The Kier molecular flexibility index (Phi) is 4.23. The first-order chi connectivity index (χ1) is 7.00. The lowest BCUT2D eigenvalue weighted by Gasteiger charge is -2.08. The molecule has 0 saturated heterocycles. The van der Waals surface area contributed by atoms with E-state index in [2.05, 4.69) is 21.2 Å². The second-order valence-corrected chi connectivity index (χ2v) is 4.05. The van der Waals surface area contributed by atoms with Gasteiger partial charge < -0.3 is 10.4 Å². The first kappa shape index (κ1) is 12.1. The lowest BCUT2D eigenvalue weighted by Crippen LogP contribution is -2.32. The summed E-state index contributed by atoms with van der Waals surface area (Å²) in [5, 5.41) is 11.3. The molecular weight excluding hydrogens is 265 g/mol. The van der Waals surface area contributed by atoms with Crippen molar-refractivity contribution in [2.75, 3.05) is 0 Å². The van der Waals surface area contributed by atoms with Crippen molar-refractivity contribution in [1.29, 1.82) is 0 Å². The Morgan fingerprint density at radius 2 is 2.33 bits per heavy atom. The minimum absolute atomic E-state index is 0.0645. The number of amides is 1. The number of hydrogen-bond donors (Lipinski definition) is 2. The summed E-state index contributed by atoms with van der Waals surface area (Å²) in [6.45, 7) is 1.42. The van der Waals surface area contributed by atoms with E-state index in [0.717, 1.165) is 4.47 Å². The van der Waals surface area contributed by atoms with E-state index in [0.29, 0.717) is 5.56 Å². The molecule has 5 heteroatoms. The topological polar surface area (TPSA) is 49.3 Å². The smallest absolute Gasteiger partial charge is 0.248 e. The maximum Gasteiger partial charge on any atom is 0.248 e. The minimum atomic E-state index is -1.08. The zero-order valence-electron chi connectivity index (χ0n) is 8.13. The average molecular weight is 276 g/mol. The third kappa shape index (κ3) is 3.60. The van der Waals surface area contributed by atoms with Crippen LogP contribution in [0.1, 0.15) is 12.5 Å². The highest BCUT2D eigenvalue weighted by Gasteiger charge is 2.09. The number of nitrogens with one attached hydrogen (secondary N) is 1. The maximum atomic E-state index is 13.2. The van der Waals surface area contributed by atoms with Crippen molar-refractivity contribution >= 4 is 21.8 Å². The van der Waals surface area contributed by atoms with E-state index >= 15 is 0 Å². The molecule has 1 atom stereocenters. The summed E-state index contributed by atoms with van der Waals surface area (Å²) in [6, 6.07) is 4.47. The van der Waals surface area contributed by atoms with Crippen molar-refractivity contribution in [3.63, 3.8) is 0 Å². The molecule has 0 aliphatic heterocycles. The molecule has 1 aromatic rings. The van der Waals surface area contributed by atoms with Gasteiger partial charge in [-0.05, 0) is 25.1 Å². The van der Waals surface area contributed by atoms with Gasteiger partial charge in [-0.2, -0.15) is 0 Å². The molecule has 82 valence electrons. The van der Waals surface area contributed by atoms with Crippen LogP contribution in [0.4, 0.5) is 4.39 Å². The van der Waals surface area contributed by atoms with Gasteiger partial charge in [0, 0.05) is 16.6 Å². The van der Waals surface area contributed by atoms with Crippen molar-refractivity contribution in [1.82, 2.24) is 5.32 Å². The highest BCUT2D eigenvalue weighted by molar-refractivity contribution is 9.10. The number of aliphatic hydroxyl groups is 1. The lowest BCUT2D eigenvalue weighted by atomic mass is 10.2. The van der Waals surface area contributed by atoms with Crippen LogP contribution < -0.4 is 5.32 Å². The minimum Gasteiger partial charge on any atom is -0.384 e. The number of carbonyl (C=O) groups is 1. The van der Waals surface area contributed by atoms with Crippen LogP contribution in [-0.2, 0) is 11.3 Å². The number of hydrogen-bond acceptors (Lipinski definition) is 2. The van der Waals surface area contributed by atoms with Gasteiger partial charge >= 0.3 is 0 Å². The van der Waals surface area contributed by atoms with Gasteiger partial charge in [0.2, 0.25) is 5.91 Å². The summed E-state index contributed by atoms with van der Waals surface area (Å²) in [5.74, 6) is -0.904. The molecule has 1 unspecified atom stereocenters. The van der Waals surface area contributed by atoms with Crippen LogP contribution in [-0.4, -0.2) is 17.1 Å². The molecule has 0 spiro atoms. The van der Waals surface area contributed by atoms with Crippen LogP contribution in [0, 0.1) is 5.82 Å². The van der Waals surface area contributed by atoms with E-state index in [4.69, 9.17) is 5.11 Å². The SMILES string of the molecule is CC(O)C(=O)NCc1cc(Br)ccc1F. The molecule has 0 aromatic heterocycles. The number of aliphatic hydroxyl groups excluding tert-OH is 1. The standard InChI is InChI=1S/C10H11BrFNO2/c1-6(14)10(15)13-5-7-4-8(11)2-3-9(7)12/h2-4,6,14H,5H2,1H3,(H,13,15). The van der Waals surface area contributed by atoms with Crippen molar-refractivity contribution in [2.24, 2.45) is 0 Å². The number of rotatable bonds is 3. The third-order valence-electron chi connectivity index (χ3n) is 1.84. The van der Waals surface area contributed by atoms with Crippen LogP contribution >= 0.6 is 15.9 Å². The maximum absolute atomic E-state index is 13.2. The van der Waals surface area contributed by atoms with Gasteiger partial charge in [0.1, 0.15) is 11.9 Å². The molecule has 1 rings (SSSR count). The van der Waals surface area contributed by atoms with Gasteiger partial charge in [-0.25, -0.2) is 4.39 Å². The second-order valence-electron chi connectivity index (χ2n) is 3.13. The molecule has 0 saturated carbocycles. The fourth-order valence-corrected chi connectivity index (χ4v) is 1.42. The molecule has 0 radical (unpaired) electrons. The predicted octanol–water partition coefficient (Wildman–Crippen LogP) is 1.59. The van der Waals surface area contributed by atoms with Crippen molar-refractivity contribution in [3.8, 4) is 0 Å². The van der Waals surface area contributed by atoms with Crippen LogP contribution in [0.15, 0.2) is 22.7 Å². The van der Waals surface area contributed by atoms with Gasteiger partial charge in [-0.3, -0.25) is 4.79 Å². The third-order valence-corrected chi connectivity index (χ3v) is 2.33. The normalized spacial score (nSPS) is 12.3. The molecule has 3 nitrogen and oxygen atoms in total. The molecule has 0 fully saturated rings. The van der Waals surface area contributed by atoms with Gasteiger partial charge in [0.25, 0.3) is 0 Å². The van der Waals surface area contributed by atoms with E-state index in [-0.39, 0.29) is 12.4 Å². The molecule has 15 heavy (non-hydrogen) atoms. The molecule has 0 heterocycles. The monoisotopic (exact) mass is 275 g/mol. The number of benzene rings is 1. The summed E-state index contributed by atoms with van der Waals surface area (Å²) in [5.41, 5.74) is 0.373. The Labute approximate surface area is 95.4 Å². The quantitative estimate of drug-likeness (QED) is 0.880. The Balaban J connectivity index is 2.65. The Hall–Kier alpha value is -0.940. The highest BCUT2D eigenvalue weighted by Crippen LogP contribution is 2.15. The van der Waals surface area contributed by atoms with Crippen molar-refractivity contribution in [3.05, 3.63) is 34.1 Å². The fourth-order valence-electron chi connectivity index (χ4n) is 1.01. The Morgan fingerprint density at radius 1 is 1.67 bits per heavy atom. The molecule has 1 amide bonds. The van der Waals surface area contributed by atoms with Gasteiger partial charge in [-0.15, -0.1) is 0 Å². The van der Waals surface area contributed by atoms with Crippen LogP contribution in [0.2, 0.25) is 0 Å². The summed E-state index contributed by atoms with van der Waals surface area (Å²) < 4.78 is 13.9.